The first-order chi connectivity index (χ1) is 11.8. The fourth-order valence-electron chi connectivity index (χ4n) is 5.75. The van der Waals surface area contributed by atoms with Crippen LogP contribution in [0.4, 0.5) is 0 Å². The number of allylic oxidation sites excluding steroid dienone is 2. The summed E-state index contributed by atoms with van der Waals surface area (Å²) in [4.78, 5) is 0. The number of sulfonamides is 1. The van der Waals surface area contributed by atoms with Gasteiger partial charge in [-0.25, -0.2) is 13.6 Å². The van der Waals surface area contributed by atoms with Crippen LogP contribution in [0, 0.1) is 29.6 Å². The Morgan fingerprint density at radius 3 is 2.88 bits per heavy atom. The monoisotopic (exact) mass is 355 g/mol. The highest BCUT2D eigenvalue weighted by atomic mass is 32.2. The normalized spacial score (nSPS) is 33.6. The molecule has 1 aromatic rings. The highest BCUT2D eigenvalue weighted by Gasteiger charge is 2.51. The fraction of sp³-hybridized carbons (Fsp3) is 0.524. The van der Waals surface area contributed by atoms with Gasteiger partial charge < -0.3 is 0 Å². The quantitative estimate of drug-likeness (QED) is 0.826. The minimum atomic E-state index is -3.48. The van der Waals surface area contributed by atoms with Crippen LogP contribution < -0.4 is 5.14 Å². The minimum absolute atomic E-state index is 0.0788. The van der Waals surface area contributed by atoms with Crippen molar-refractivity contribution in [3.63, 3.8) is 0 Å². The molecular formula is C21H25NO2S. The number of nitrogens with two attached hydrogens (primary N) is 1. The van der Waals surface area contributed by atoms with E-state index in [2.05, 4.69) is 31.1 Å². The number of hydrogen-bond donors (Lipinski definition) is 1. The van der Waals surface area contributed by atoms with E-state index in [9.17, 15) is 8.42 Å². The van der Waals surface area contributed by atoms with Gasteiger partial charge in [0.2, 0.25) is 10.0 Å². The highest BCUT2D eigenvalue weighted by Crippen LogP contribution is 2.60. The van der Waals surface area contributed by atoms with Crippen molar-refractivity contribution in [2.24, 2.45) is 22.4 Å². The first kappa shape index (κ1) is 16.9. The van der Waals surface area contributed by atoms with E-state index in [1.54, 1.807) is 0 Å². The zero-order valence-corrected chi connectivity index (χ0v) is 15.5. The lowest BCUT2D eigenvalue weighted by Crippen LogP contribution is -2.41. The largest absolute Gasteiger partial charge is 0.228 e. The Bertz CT molecular complexity index is 893. The van der Waals surface area contributed by atoms with Crippen molar-refractivity contribution < 1.29 is 8.42 Å². The maximum absolute atomic E-state index is 11.4. The molecule has 4 atom stereocenters. The van der Waals surface area contributed by atoms with Crippen LogP contribution in [-0.4, -0.2) is 8.42 Å². The molecule has 25 heavy (non-hydrogen) atoms. The van der Waals surface area contributed by atoms with Gasteiger partial charge in [-0.2, -0.15) is 0 Å². The molecule has 132 valence electrons. The number of terminal acetylenes is 1. The number of primary sulfonamides is 1. The summed E-state index contributed by atoms with van der Waals surface area (Å²) in [6.07, 6.45) is 13.7. The zero-order valence-electron chi connectivity index (χ0n) is 14.7. The number of hydrogen-bond acceptors (Lipinski definition) is 2. The predicted octanol–water partition coefficient (Wildman–Crippen LogP) is 3.50. The van der Waals surface area contributed by atoms with E-state index in [0.29, 0.717) is 17.8 Å². The molecule has 0 aromatic heterocycles. The Morgan fingerprint density at radius 2 is 2.16 bits per heavy atom. The van der Waals surface area contributed by atoms with Crippen LogP contribution in [-0.2, 0) is 22.2 Å². The van der Waals surface area contributed by atoms with E-state index in [1.165, 1.54) is 23.1 Å². The van der Waals surface area contributed by atoms with Gasteiger partial charge in [0.05, 0.1) is 5.75 Å². The third-order valence-corrected chi connectivity index (χ3v) is 7.63. The summed E-state index contributed by atoms with van der Waals surface area (Å²) in [6.45, 7) is 2.36. The number of rotatable bonds is 2. The van der Waals surface area contributed by atoms with Gasteiger partial charge >= 0.3 is 0 Å². The topological polar surface area (TPSA) is 60.2 Å². The second-order valence-electron chi connectivity index (χ2n) is 8.21. The number of aryl methyl sites for hydroxylation is 1. The van der Waals surface area contributed by atoms with Crippen molar-refractivity contribution in [1.29, 1.82) is 0 Å². The average molecular weight is 356 g/mol. The van der Waals surface area contributed by atoms with E-state index in [4.69, 9.17) is 11.6 Å². The molecule has 1 fully saturated rings. The van der Waals surface area contributed by atoms with Crippen LogP contribution in [0.25, 0.3) is 0 Å². The van der Waals surface area contributed by atoms with E-state index in [-0.39, 0.29) is 11.2 Å². The Kier molecular flexibility index (Phi) is 3.86. The summed E-state index contributed by atoms with van der Waals surface area (Å²) in [7, 11) is -3.48. The molecular weight excluding hydrogens is 330 g/mol. The van der Waals surface area contributed by atoms with Crippen molar-refractivity contribution in [3.05, 3.63) is 46.5 Å². The minimum Gasteiger partial charge on any atom is -0.228 e. The molecule has 3 nitrogen and oxygen atoms in total. The Hall–Kier alpha value is -1.57. The standard InChI is InChI=1S/C21H25NO2S/c1-3-16-6-9-20-19-8-5-15-12-14(13-25(22,23)24)4-7-17(15)18(19)10-11-21(16,20)2/h1,4,6-7,12,18-20H,5,8-11,13H2,2H3,(H2,22,23,24). The maximum Gasteiger partial charge on any atom is 0.213 e. The molecule has 2 N–H and O–H groups in total. The SMILES string of the molecule is C#CC1=CCC2C3CCc4cc(CS(N)(=O)=O)ccc4C3CCC12C. The van der Waals surface area contributed by atoms with Crippen LogP contribution >= 0.6 is 0 Å². The fourth-order valence-corrected chi connectivity index (χ4v) is 6.39. The van der Waals surface area contributed by atoms with Crippen molar-refractivity contribution in [2.75, 3.05) is 0 Å². The number of benzene rings is 1. The van der Waals surface area contributed by atoms with Crippen molar-refractivity contribution in [2.45, 2.75) is 50.7 Å². The highest BCUT2D eigenvalue weighted by molar-refractivity contribution is 7.88. The third-order valence-electron chi connectivity index (χ3n) is 6.90. The van der Waals surface area contributed by atoms with Gasteiger partial charge in [-0.1, -0.05) is 37.1 Å². The Labute approximate surface area is 150 Å². The molecule has 0 heterocycles. The molecule has 0 saturated heterocycles. The van der Waals surface area contributed by atoms with Crippen molar-refractivity contribution >= 4 is 10.0 Å². The lowest BCUT2D eigenvalue weighted by molar-refractivity contribution is 0.0781. The second-order valence-corrected chi connectivity index (χ2v) is 9.82. The molecule has 4 rings (SSSR count). The summed E-state index contributed by atoms with van der Waals surface area (Å²) in [5.41, 5.74) is 4.93. The summed E-state index contributed by atoms with van der Waals surface area (Å²) in [5, 5.41) is 5.20. The summed E-state index contributed by atoms with van der Waals surface area (Å²) in [5.74, 6) is 4.77. The molecule has 4 unspecified atom stereocenters. The second kappa shape index (κ2) is 5.72. The molecule has 1 aromatic carbocycles. The molecule has 0 radical (unpaired) electrons. The van der Waals surface area contributed by atoms with E-state index in [1.807, 2.05) is 6.07 Å². The van der Waals surface area contributed by atoms with E-state index in [0.717, 1.165) is 31.2 Å². The van der Waals surface area contributed by atoms with Gasteiger partial charge in [-0.15, -0.1) is 6.42 Å². The van der Waals surface area contributed by atoms with Crippen molar-refractivity contribution in [1.82, 2.24) is 0 Å². The van der Waals surface area contributed by atoms with E-state index < -0.39 is 10.0 Å². The average Bonchev–Trinajstić information content (AvgIpc) is 2.89. The number of fused-ring (bicyclic) bond motifs is 5. The van der Waals surface area contributed by atoms with Crippen LogP contribution in [0.3, 0.4) is 0 Å². The van der Waals surface area contributed by atoms with Crippen molar-refractivity contribution in [3.8, 4) is 12.3 Å². The first-order valence-corrected chi connectivity index (χ1v) is 10.8. The van der Waals surface area contributed by atoms with Gasteiger partial charge in [-0.3, -0.25) is 0 Å². The molecule has 3 aliphatic rings. The van der Waals surface area contributed by atoms with E-state index >= 15 is 0 Å². The first-order valence-electron chi connectivity index (χ1n) is 9.11. The van der Waals surface area contributed by atoms with Crippen LogP contribution in [0.5, 0.6) is 0 Å². The summed E-state index contributed by atoms with van der Waals surface area (Å²) >= 11 is 0. The predicted molar refractivity (Wildman–Crippen MR) is 100 cm³/mol. The van der Waals surface area contributed by atoms with Crippen LogP contribution in [0.1, 0.15) is 55.2 Å². The Balaban J connectivity index is 1.64. The molecule has 0 aliphatic heterocycles. The van der Waals surface area contributed by atoms with Gasteiger partial charge in [0.1, 0.15) is 0 Å². The summed E-state index contributed by atoms with van der Waals surface area (Å²) in [6, 6.07) is 6.16. The van der Waals surface area contributed by atoms with Crippen LogP contribution in [0.15, 0.2) is 29.8 Å². The maximum atomic E-state index is 11.4. The summed E-state index contributed by atoms with van der Waals surface area (Å²) < 4.78 is 22.7. The Morgan fingerprint density at radius 1 is 1.36 bits per heavy atom. The molecule has 0 amide bonds. The lowest BCUT2D eigenvalue weighted by Gasteiger charge is -2.49. The van der Waals surface area contributed by atoms with Gasteiger partial charge in [0.25, 0.3) is 0 Å². The molecule has 0 bridgehead atoms. The molecule has 3 aliphatic carbocycles. The van der Waals surface area contributed by atoms with Gasteiger partial charge in [-0.05, 0) is 66.5 Å². The third kappa shape index (κ3) is 2.74. The van der Waals surface area contributed by atoms with Gasteiger partial charge in [0, 0.05) is 11.0 Å². The smallest absolute Gasteiger partial charge is 0.213 e. The molecule has 4 heteroatoms. The van der Waals surface area contributed by atoms with Crippen LogP contribution in [0.2, 0.25) is 0 Å². The molecule has 0 spiro atoms. The zero-order chi connectivity index (χ0) is 17.8. The van der Waals surface area contributed by atoms with Gasteiger partial charge in [0.15, 0.2) is 0 Å². The molecule has 1 saturated carbocycles. The lowest BCUT2D eigenvalue weighted by atomic mass is 9.54.